The minimum absolute atomic E-state index is 0.552. The largest absolute Gasteiger partial charge is 0.418 e. The van der Waals surface area contributed by atoms with Gasteiger partial charge < -0.3 is 4.43 Å². The van der Waals surface area contributed by atoms with Crippen molar-refractivity contribution in [2.45, 2.75) is 38.0 Å². The van der Waals surface area contributed by atoms with E-state index in [2.05, 4.69) is 117 Å². The molecule has 3 heteroatoms. The third kappa shape index (κ3) is 5.53. The van der Waals surface area contributed by atoms with E-state index in [0.29, 0.717) is 0 Å². The number of rotatable bonds is 9. The highest BCUT2D eigenvalue weighted by Crippen LogP contribution is 2.40. The van der Waals surface area contributed by atoms with Gasteiger partial charge in [-0.15, -0.1) is 0 Å². The van der Waals surface area contributed by atoms with Gasteiger partial charge in [0.25, 0.3) is 0 Å². The average Bonchev–Trinajstić information content (AvgIpc) is 2.75. The SMILES string of the molecule is C[Si](C)(C)OCCCC=NC(c1ccccc1)(c1ccccc1)c1ccccc1. The number of unbranched alkanes of at least 4 members (excludes halogenated alkanes) is 1. The first kappa shape index (κ1) is 21.2. The Morgan fingerprint density at radius 3 is 1.52 bits per heavy atom. The molecule has 3 aromatic carbocycles. The molecule has 150 valence electrons. The zero-order valence-electron chi connectivity index (χ0n) is 17.7. The highest BCUT2D eigenvalue weighted by Gasteiger charge is 2.35. The minimum atomic E-state index is -1.46. The molecule has 0 aliphatic heterocycles. The van der Waals surface area contributed by atoms with Crippen LogP contribution in [-0.2, 0) is 9.96 Å². The maximum atomic E-state index is 5.99. The molecule has 0 saturated heterocycles. The highest BCUT2D eigenvalue weighted by atomic mass is 28.4. The van der Waals surface area contributed by atoms with Crippen molar-refractivity contribution in [3.8, 4) is 0 Å². The maximum absolute atomic E-state index is 5.99. The quantitative estimate of drug-likeness (QED) is 0.170. The molecule has 0 spiro atoms. The molecule has 0 fully saturated rings. The Hall–Kier alpha value is -2.49. The van der Waals surface area contributed by atoms with E-state index < -0.39 is 13.9 Å². The summed E-state index contributed by atoms with van der Waals surface area (Å²) in [5.74, 6) is 0. The number of benzene rings is 3. The molecule has 3 aromatic rings. The summed E-state index contributed by atoms with van der Waals surface area (Å²) in [7, 11) is -1.46. The van der Waals surface area contributed by atoms with E-state index in [1.54, 1.807) is 0 Å². The van der Waals surface area contributed by atoms with Gasteiger partial charge in [0, 0.05) is 12.8 Å². The summed E-state index contributed by atoms with van der Waals surface area (Å²) in [5, 5.41) is 0. The van der Waals surface area contributed by atoms with Crippen LogP contribution in [0.5, 0.6) is 0 Å². The Morgan fingerprint density at radius 2 is 1.14 bits per heavy atom. The van der Waals surface area contributed by atoms with Crippen LogP contribution in [0.15, 0.2) is 96.0 Å². The lowest BCUT2D eigenvalue weighted by atomic mass is 9.77. The molecule has 0 saturated carbocycles. The van der Waals surface area contributed by atoms with Crippen LogP contribution in [0.4, 0.5) is 0 Å². The number of aliphatic imine (C=N–C) groups is 1. The molecule has 29 heavy (non-hydrogen) atoms. The number of hydrogen-bond acceptors (Lipinski definition) is 2. The second kappa shape index (κ2) is 9.81. The second-order valence-corrected chi connectivity index (χ2v) is 12.7. The van der Waals surface area contributed by atoms with Gasteiger partial charge in [0.15, 0.2) is 8.32 Å². The van der Waals surface area contributed by atoms with Crippen molar-refractivity contribution in [2.24, 2.45) is 4.99 Å². The molecular formula is C26H31NOSi. The highest BCUT2D eigenvalue weighted by molar-refractivity contribution is 6.69. The van der Waals surface area contributed by atoms with Gasteiger partial charge >= 0.3 is 0 Å². The van der Waals surface area contributed by atoms with Gasteiger partial charge in [0.1, 0.15) is 5.54 Å². The molecular weight excluding hydrogens is 370 g/mol. The molecule has 0 bridgehead atoms. The lowest BCUT2D eigenvalue weighted by Gasteiger charge is -2.32. The first-order valence-electron chi connectivity index (χ1n) is 10.4. The third-order valence-electron chi connectivity index (χ3n) is 4.87. The van der Waals surface area contributed by atoms with Crippen molar-refractivity contribution in [1.29, 1.82) is 0 Å². The Bertz CT molecular complexity index is 790. The van der Waals surface area contributed by atoms with Crippen LogP contribution in [0.3, 0.4) is 0 Å². The van der Waals surface area contributed by atoms with Crippen LogP contribution in [0, 0.1) is 0 Å². The van der Waals surface area contributed by atoms with Gasteiger partial charge in [-0.1, -0.05) is 91.0 Å². The molecule has 0 aromatic heterocycles. The van der Waals surface area contributed by atoms with Crippen molar-refractivity contribution in [2.75, 3.05) is 6.61 Å². The monoisotopic (exact) mass is 401 g/mol. The Balaban J connectivity index is 1.98. The number of hydrogen-bond donors (Lipinski definition) is 0. The first-order chi connectivity index (χ1) is 14.0. The van der Waals surface area contributed by atoms with E-state index >= 15 is 0 Å². The molecule has 0 unspecified atom stereocenters. The van der Waals surface area contributed by atoms with E-state index in [1.807, 2.05) is 0 Å². The standard InChI is InChI=1S/C26H31NOSi/c1-29(2,3)28-22-14-13-21-27-26(23-15-7-4-8-16-23,24-17-9-5-10-18-24)25-19-11-6-12-20-25/h4-12,15-21H,13-14,22H2,1-3H3. The van der Waals surface area contributed by atoms with Gasteiger partial charge in [-0.05, 0) is 49.2 Å². The van der Waals surface area contributed by atoms with Crippen LogP contribution >= 0.6 is 0 Å². The molecule has 3 rings (SSSR count). The molecule has 0 radical (unpaired) electrons. The fourth-order valence-corrected chi connectivity index (χ4v) is 4.27. The summed E-state index contributed by atoms with van der Waals surface area (Å²) in [6.07, 6.45) is 3.97. The molecule has 0 heterocycles. The summed E-state index contributed by atoms with van der Waals surface area (Å²) < 4.78 is 5.99. The van der Waals surface area contributed by atoms with Gasteiger partial charge in [-0.3, -0.25) is 4.99 Å². The molecule has 0 aliphatic rings. The Labute approximate surface area is 176 Å². The zero-order valence-corrected chi connectivity index (χ0v) is 18.7. The lowest BCUT2D eigenvalue weighted by Crippen LogP contribution is -2.27. The minimum Gasteiger partial charge on any atom is -0.418 e. The van der Waals surface area contributed by atoms with E-state index in [0.717, 1.165) is 19.4 Å². The fourth-order valence-electron chi connectivity index (χ4n) is 3.52. The van der Waals surface area contributed by atoms with Crippen LogP contribution in [0.2, 0.25) is 19.6 Å². The van der Waals surface area contributed by atoms with Crippen LogP contribution < -0.4 is 0 Å². The Kier molecular flexibility index (Phi) is 7.18. The van der Waals surface area contributed by atoms with E-state index in [9.17, 15) is 0 Å². The predicted octanol–water partition coefficient (Wildman–Crippen LogP) is 6.68. The molecule has 0 atom stereocenters. The second-order valence-electron chi connectivity index (χ2n) is 8.22. The van der Waals surface area contributed by atoms with Crippen molar-refractivity contribution in [1.82, 2.24) is 0 Å². The summed E-state index contributed by atoms with van der Waals surface area (Å²) in [6, 6.07) is 31.7. The predicted molar refractivity (Wildman–Crippen MR) is 126 cm³/mol. The van der Waals surface area contributed by atoms with E-state index in [-0.39, 0.29) is 0 Å². The molecule has 2 nitrogen and oxygen atoms in total. The van der Waals surface area contributed by atoms with Crippen molar-refractivity contribution in [3.63, 3.8) is 0 Å². The van der Waals surface area contributed by atoms with Crippen LogP contribution in [-0.4, -0.2) is 21.1 Å². The zero-order chi connectivity index (χ0) is 20.6. The topological polar surface area (TPSA) is 21.6 Å². The van der Waals surface area contributed by atoms with Crippen molar-refractivity contribution in [3.05, 3.63) is 108 Å². The first-order valence-corrected chi connectivity index (χ1v) is 13.8. The Morgan fingerprint density at radius 1 is 0.724 bits per heavy atom. The van der Waals surface area contributed by atoms with E-state index in [1.165, 1.54) is 16.7 Å². The maximum Gasteiger partial charge on any atom is 0.183 e. The molecule has 0 aliphatic carbocycles. The smallest absolute Gasteiger partial charge is 0.183 e. The van der Waals surface area contributed by atoms with Crippen LogP contribution in [0.25, 0.3) is 0 Å². The van der Waals surface area contributed by atoms with Gasteiger partial charge in [-0.25, -0.2) is 0 Å². The number of nitrogens with zero attached hydrogens (tertiary/aromatic N) is 1. The summed E-state index contributed by atoms with van der Waals surface area (Å²) >= 11 is 0. The third-order valence-corrected chi connectivity index (χ3v) is 5.94. The average molecular weight is 402 g/mol. The summed E-state index contributed by atoms with van der Waals surface area (Å²) in [6.45, 7) is 7.49. The molecule has 0 N–H and O–H groups in total. The van der Waals surface area contributed by atoms with E-state index in [4.69, 9.17) is 9.42 Å². The van der Waals surface area contributed by atoms with Gasteiger partial charge in [-0.2, -0.15) is 0 Å². The molecule has 0 amide bonds. The summed E-state index contributed by atoms with van der Waals surface area (Å²) in [4.78, 5) is 5.23. The van der Waals surface area contributed by atoms with Gasteiger partial charge in [0.2, 0.25) is 0 Å². The summed E-state index contributed by atoms with van der Waals surface area (Å²) in [5.41, 5.74) is 2.97. The normalized spacial score (nSPS) is 12.4. The lowest BCUT2D eigenvalue weighted by molar-refractivity contribution is 0.308. The van der Waals surface area contributed by atoms with Gasteiger partial charge in [0.05, 0.1) is 0 Å². The van der Waals surface area contributed by atoms with Crippen molar-refractivity contribution >= 4 is 14.5 Å². The van der Waals surface area contributed by atoms with Crippen molar-refractivity contribution < 1.29 is 4.43 Å². The van der Waals surface area contributed by atoms with Crippen LogP contribution in [0.1, 0.15) is 29.5 Å². The fraction of sp³-hybridized carbons (Fsp3) is 0.269.